The van der Waals surface area contributed by atoms with Gasteiger partial charge in [0, 0.05) is 35.6 Å². The second kappa shape index (κ2) is 7.08. The molecule has 166 valence electrons. The number of hydrogen-bond acceptors (Lipinski definition) is 7. The van der Waals surface area contributed by atoms with Gasteiger partial charge in [-0.15, -0.1) is 10.2 Å². The molecule has 5 heterocycles. The number of aryl methyl sites for hydroxylation is 2. The molecule has 0 spiro atoms. The Morgan fingerprint density at radius 1 is 1.15 bits per heavy atom. The highest BCUT2D eigenvalue weighted by atomic mass is 19.3. The topological polar surface area (TPSA) is 108 Å². The van der Waals surface area contributed by atoms with Gasteiger partial charge in [0.05, 0.1) is 17.7 Å². The molecule has 1 aromatic carbocycles. The maximum absolute atomic E-state index is 12.5. The van der Waals surface area contributed by atoms with E-state index in [0.717, 1.165) is 22.4 Å². The Hall–Kier alpha value is -4.35. The molecule has 1 atom stereocenters. The van der Waals surface area contributed by atoms with Crippen LogP contribution in [-0.2, 0) is 7.05 Å². The molecule has 10 nitrogen and oxygen atoms in total. The van der Waals surface area contributed by atoms with Crippen molar-refractivity contribution in [3.8, 4) is 28.9 Å². The minimum absolute atomic E-state index is 0.0598. The summed E-state index contributed by atoms with van der Waals surface area (Å²) < 4.78 is 38.6. The van der Waals surface area contributed by atoms with Gasteiger partial charge in [-0.2, -0.15) is 13.9 Å². The Labute approximate surface area is 184 Å². The number of nitrogens with zero attached hydrogens (tertiary/aromatic N) is 7. The maximum atomic E-state index is 12.5. The highest BCUT2D eigenvalue weighted by molar-refractivity contribution is 5.68. The summed E-state index contributed by atoms with van der Waals surface area (Å²) in [6.45, 7) is -0.961. The third-order valence-electron chi connectivity index (χ3n) is 5.51. The standard InChI is InChI=1S/C21H16F2N8O2/c1-10-14-15(12-7-25-30(2)8-12)16-18-26-17(11-3-5-13(6-4-11)32-21(22)23)29-31(18)9-24-19(16)33-20(14)28-27-10/h3-9,15,21H,1-2H3,(H,27,28)/t15-/m0/s1. The van der Waals surface area contributed by atoms with Crippen LogP contribution in [0.2, 0.25) is 0 Å². The van der Waals surface area contributed by atoms with Gasteiger partial charge in [-0.1, -0.05) is 0 Å². The third-order valence-corrected chi connectivity index (χ3v) is 5.51. The summed E-state index contributed by atoms with van der Waals surface area (Å²) in [4.78, 5) is 9.19. The number of rotatable bonds is 4. The smallest absolute Gasteiger partial charge is 0.387 e. The number of halogens is 2. The van der Waals surface area contributed by atoms with Crippen molar-refractivity contribution in [1.82, 2.24) is 39.6 Å². The van der Waals surface area contributed by atoms with E-state index in [1.54, 1.807) is 27.5 Å². The summed E-state index contributed by atoms with van der Waals surface area (Å²) in [5, 5.41) is 16.1. The van der Waals surface area contributed by atoms with Crippen LogP contribution in [0.25, 0.3) is 17.0 Å². The molecule has 0 amide bonds. The van der Waals surface area contributed by atoms with E-state index >= 15 is 0 Å². The molecule has 0 unspecified atom stereocenters. The summed E-state index contributed by atoms with van der Waals surface area (Å²) in [7, 11) is 1.85. The number of alkyl halides is 2. The minimum Gasteiger partial charge on any atom is -0.435 e. The van der Waals surface area contributed by atoms with Gasteiger partial charge in [-0.3, -0.25) is 9.78 Å². The van der Waals surface area contributed by atoms with E-state index in [0.29, 0.717) is 28.8 Å². The SMILES string of the molecule is Cc1[nH]nc2c1[C@H](c1cnn(C)c1)c1c(ncn3nc(-c4ccc(OC(F)F)cc4)nc13)O2. The van der Waals surface area contributed by atoms with E-state index < -0.39 is 6.61 Å². The van der Waals surface area contributed by atoms with Gasteiger partial charge >= 0.3 is 6.61 Å². The Bertz CT molecular complexity index is 1490. The van der Waals surface area contributed by atoms with Crippen molar-refractivity contribution in [3.05, 3.63) is 65.4 Å². The monoisotopic (exact) mass is 450 g/mol. The first-order chi connectivity index (χ1) is 16.0. The highest BCUT2D eigenvalue weighted by Gasteiger charge is 2.37. The van der Waals surface area contributed by atoms with Crippen LogP contribution in [0.15, 0.2) is 43.0 Å². The fourth-order valence-corrected chi connectivity index (χ4v) is 4.09. The second-order valence-corrected chi connectivity index (χ2v) is 7.62. The van der Waals surface area contributed by atoms with Crippen LogP contribution in [-0.4, -0.2) is 46.2 Å². The zero-order valence-electron chi connectivity index (χ0n) is 17.4. The molecule has 0 radical (unpaired) electrons. The van der Waals surface area contributed by atoms with E-state index in [2.05, 4.69) is 30.1 Å². The number of aromatic amines is 1. The first-order valence-corrected chi connectivity index (χ1v) is 9.99. The first kappa shape index (κ1) is 19.3. The number of aromatic nitrogens is 8. The first-order valence-electron chi connectivity index (χ1n) is 9.99. The van der Waals surface area contributed by atoms with Crippen molar-refractivity contribution in [2.75, 3.05) is 0 Å². The van der Waals surface area contributed by atoms with Crippen LogP contribution in [0.5, 0.6) is 17.5 Å². The lowest BCUT2D eigenvalue weighted by molar-refractivity contribution is -0.0498. The predicted octanol–water partition coefficient (Wildman–Crippen LogP) is 3.44. The van der Waals surface area contributed by atoms with Crippen LogP contribution in [0.4, 0.5) is 8.78 Å². The number of nitrogens with one attached hydrogen (secondary N) is 1. The van der Waals surface area contributed by atoms with E-state index in [9.17, 15) is 8.78 Å². The van der Waals surface area contributed by atoms with Crippen molar-refractivity contribution in [2.24, 2.45) is 7.05 Å². The molecule has 5 aromatic rings. The summed E-state index contributed by atoms with van der Waals surface area (Å²) in [6, 6.07) is 6.15. The lowest BCUT2D eigenvalue weighted by atomic mass is 9.86. The maximum Gasteiger partial charge on any atom is 0.387 e. The molecule has 0 saturated carbocycles. The summed E-state index contributed by atoms with van der Waals surface area (Å²) in [6.07, 6.45) is 5.24. The molecular formula is C21H16F2N8O2. The Balaban J connectivity index is 1.51. The summed E-state index contributed by atoms with van der Waals surface area (Å²) >= 11 is 0. The molecule has 0 bridgehead atoms. The summed E-state index contributed by atoms with van der Waals surface area (Å²) in [5.74, 6) is 1.04. The number of hydrogen-bond donors (Lipinski definition) is 1. The van der Waals surface area contributed by atoms with Crippen molar-refractivity contribution in [2.45, 2.75) is 19.5 Å². The van der Waals surface area contributed by atoms with Gasteiger partial charge in [0.25, 0.3) is 0 Å². The molecule has 4 aromatic heterocycles. The Morgan fingerprint density at radius 2 is 1.97 bits per heavy atom. The average Bonchev–Trinajstić information content (AvgIpc) is 3.51. The molecule has 0 fully saturated rings. The van der Waals surface area contributed by atoms with E-state index in [-0.39, 0.29) is 11.7 Å². The Morgan fingerprint density at radius 3 is 2.70 bits per heavy atom. The highest BCUT2D eigenvalue weighted by Crippen LogP contribution is 2.48. The quantitative estimate of drug-likeness (QED) is 0.438. The molecular weight excluding hydrogens is 434 g/mol. The van der Waals surface area contributed by atoms with E-state index in [4.69, 9.17) is 9.72 Å². The minimum atomic E-state index is -2.89. The fraction of sp³-hybridized carbons (Fsp3) is 0.190. The third kappa shape index (κ3) is 3.10. The number of H-pyrrole nitrogens is 1. The number of fused-ring (bicyclic) bond motifs is 4. The molecule has 12 heteroatoms. The normalized spacial score (nSPS) is 14.9. The Kier molecular flexibility index (Phi) is 4.15. The fourth-order valence-electron chi connectivity index (χ4n) is 4.09. The molecule has 1 aliphatic heterocycles. The van der Waals surface area contributed by atoms with Gasteiger partial charge in [-0.05, 0) is 31.2 Å². The van der Waals surface area contributed by atoms with Crippen molar-refractivity contribution in [1.29, 1.82) is 0 Å². The lowest BCUT2D eigenvalue weighted by Crippen LogP contribution is -2.14. The van der Waals surface area contributed by atoms with Crippen LogP contribution in [0.3, 0.4) is 0 Å². The predicted molar refractivity (Wildman–Crippen MR) is 110 cm³/mol. The van der Waals surface area contributed by atoms with Crippen LogP contribution >= 0.6 is 0 Å². The van der Waals surface area contributed by atoms with Crippen LogP contribution in [0, 0.1) is 6.92 Å². The number of ether oxygens (including phenoxy) is 2. The zero-order valence-corrected chi connectivity index (χ0v) is 17.4. The van der Waals surface area contributed by atoms with Gasteiger partial charge in [-0.25, -0.2) is 14.5 Å². The molecule has 1 N–H and O–H groups in total. The van der Waals surface area contributed by atoms with Crippen molar-refractivity contribution in [3.63, 3.8) is 0 Å². The van der Waals surface area contributed by atoms with Gasteiger partial charge < -0.3 is 9.47 Å². The molecule has 6 rings (SSSR count). The average molecular weight is 450 g/mol. The molecule has 1 aliphatic rings. The van der Waals surface area contributed by atoms with Crippen LogP contribution in [0.1, 0.15) is 28.3 Å². The zero-order chi connectivity index (χ0) is 22.7. The van der Waals surface area contributed by atoms with E-state index in [1.807, 2.05) is 20.2 Å². The lowest BCUT2D eigenvalue weighted by Gasteiger charge is -2.24. The van der Waals surface area contributed by atoms with E-state index in [1.165, 1.54) is 18.5 Å². The van der Waals surface area contributed by atoms with Gasteiger partial charge in [0.1, 0.15) is 12.1 Å². The van der Waals surface area contributed by atoms with Crippen molar-refractivity contribution >= 4 is 5.65 Å². The van der Waals surface area contributed by atoms with Crippen molar-refractivity contribution < 1.29 is 18.3 Å². The molecule has 0 saturated heterocycles. The largest absolute Gasteiger partial charge is 0.435 e. The van der Waals surface area contributed by atoms with Gasteiger partial charge in [0.2, 0.25) is 11.8 Å². The van der Waals surface area contributed by atoms with Gasteiger partial charge in [0.15, 0.2) is 11.5 Å². The molecule has 0 aliphatic carbocycles. The second-order valence-electron chi connectivity index (χ2n) is 7.62. The summed E-state index contributed by atoms with van der Waals surface area (Å²) in [5.41, 5.74) is 4.61. The number of benzene rings is 1. The van der Waals surface area contributed by atoms with Crippen LogP contribution < -0.4 is 9.47 Å². The molecule has 33 heavy (non-hydrogen) atoms.